The predicted molar refractivity (Wildman–Crippen MR) is 107 cm³/mol. The third-order valence-electron chi connectivity index (χ3n) is 4.40. The van der Waals surface area contributed by atoms with Gasteiger partial charge in [0.2, 0.25) is 6.41 Å². The van der Waals surface area contributed by atoms with Crippen LogP contribution in [0.3, 0.4) is 0 Å². The highest BCUT2D eigenvalue weighted by atomic mass is 16.6. The standard InChI is InChI=1S/C22H26N2O2/c1-15-6-8-19(10-17(15)3)12-21(23-14-25)22(24-26-5)13-20-9-7-16(2)18(4)11-20/h6-14,24H,1-5H3,(H,23,25). The largest absolute Gasteiger partial charge is 0.327 e. The van der Waals surface area contributed by atoms with Gasteiger partial charge in [-0.25, -0.2) is 0 Å². The van der Waals surface area contributed by atoms with Crippen molar-refractivity contribution < 1.29 is 9.63 Å². The second-order valence-corrected chi connectivity index (χ2v) is 6.37. The predicted octanol–water partition coefficient (Wildman–Crippen LogP) is 4.20. The number of carbonyl (C=O) groups is 1. The van der Waals surface area contributed by atoms with Crippen molar-refractivity contribution in [1.82, 2.24) is 10.8 Å². The maximum Gasteiger partial charge on any atom is 0.211 e. The normalized spacial score (nSPS) is 12.0. The molecule has 1 amide bonds. The van der Waals surface area contributed by atoms with Crippen molar-refractivity contribution in [3.05, 3.63) is 81.2 Å². The van der Waals surface area contributed by atoms with E-state index in [1.165, 1.54) is 22.3 Å². The van der Waals surface area contributed by atoms with E-state index in [1.807, 2.05) is 24.3 Å². The SMILES string of the molecule is CONC(=Cc1ccc(C)c(C)c1)C(=Cc1ccc(C)c(C)c1)NC=O. The van der Waals surface area contributed by atoms with Crippen LogP contribution in [-0.2, 0) is 9.63 Å². The van der Waals surface area contributed by atoms with E-state index in [0.717, 1.165) is 11.1 Å². The lowest BCUT2D eigenvalue weighted by Crippen LogP contribution is -2.21. The Morgan fingerprint density at radius 3 is 1.73 bits per heavy atom. The summed E-state index contributed by atoms with van der Waals surface area (Å²) in [4.78, 5) is 16.3. The van der Waals surface area contributed by atoms with Gasteiger partial charge in [0.25, 0.3) is 0 Å². The fourth-order valence-corrected chi connectivity index (χ4v) is 2.57. The molecule has 0 unspecified atom stereocenters. The summed E-state index contributed by atoms with van der Waals surface area (Å²) in [5.74, 6) is 0. The van der Waals surface area contributed by atoms with Crippen LogP contribution in [0.2, 0.25) is 0 Å². The lowest BCUT2D eigenvalue weighted by atomic mass is 10.0. The average Bonchev–Trinajstić information content (AvgIpc) is 2.60. The van der Waals surface area contributed by atoms with Crippen molar-refractivity contribution in [3.8, 4) is 0 Å². The van der Waals surface area contributed by atoms with Crippen LogP contribution in [0.5, 0.6) is 0 Å². The van der Waals surface area contributed by atoms with E-state index in [9.17, 15) is 4.79 Å². The first-order valence-electron chi connectivity index (χ1n) is 8.52. The summed E-state index contributed by atoms with van der Waals surface area (Å²) in [6, 6.07) is 12.4. The molecule has 0 spiro atoms. The van der Waals surface area contributed by atoms with E-state index in [0.29, 0.717) is 17.8 Å². The van der Waals surface area contributed by atoms with E-state index in [1.54, 1.807) is 7.11 Å². The van der Waals surface area contributed by atoms with Crippen LogP contribution in [0.25, 0.3) is 12.2 Å². The summed E-state index contributed by atoms with van der Waals surface area (Å²) in [7, 11) is 1.54. The van der Waals surface area contributed by atoms with Crippen LogP contribution in [0, 0.1) is 27.7 Å². The highest BCUT2D eigenvalue weighted by Crippen LogP contribution is 2.18. The molecule has 0 heterocycles. The minimum Gasteiger partial charge on any atom is -0.327 e. The minimum absolute atomic E-state index is 0.628. The molecule has 2 rings (SSSR count). The Labute approximate surface area is 155 Å². The molecule has 26 heavy (non-hydrogen) atoms. The van der Waals surface area contributed by atoms with Gasteiger partial charge in [-0.05, 0) is 73.2 Å². The summed E-state index contributed by atoms with van der Waals surface area (Å²) in [5, 5.41) is 2.77. The smallest absolute Gasteiger partial charge is 0.211 e. The van der Waals surface area contributed by atoms with E-state index in [4.69, 9.17) is 4.84 Å². The molecule has 2 N–H and O–H groups in total. The first-order valence-corrected chi connectivity index (χ1v) is 8.52. The summed E-state index contributed by atoms with van der Waals surface area (Å²) in [6.45, 7) is 8.30. The van der Waals surface area contributed by atoms with Gasteiger partial charge in [-0.1, -0.05) is 36.4 Å². The molecule has 2 aromatic carbocycles. The Balaban J connectivity index is 2.48. The number of amides is 1. The molecule has 0 saturated carbocycles. The molecule has 0 aliphatic carbocycles. The van der Waals surface area contributed by atoms with Gasteiger partial charge in [0.15, 0.2) is 0 Å². The molecule has 4 nitrogen and oxygen atoms in total. The van der Waals surface area contributed by atoms with Crippen molar-refractivity contribution in [3.63, 3.8) is 0 Å². The number of carbonyl (C=O) groups excluding carboxylic acids is 1. The first-order chi connectivity index (χ1) is 12.4. The van der Waals surface area contributed by atoms with E-state index in [2.05, 4.69) is 62.8 Å². The van der Waals surface area contributed by atoms with Crippen LogP contribution < -0.4 is 10.8 Å². The highest BCUT2D eigenvalue weighted by Gasteiger charge is 2.07. The van der Waals surface area contributed by atoms with Gasteiger partial charge in [-0.3, -0.25) is 15.1 Å². The van der Waals surface area contributed by atoms with Gasteiger partial charge in [-0.15, -0.1) is 0 Å². The van der Waals surface area contributed by atoms with Crippen LogP contribution >= 0.6 is 0 Å². The number of nitrogens with one attached hydrogen (secondary N) is 2. The van der Waals surface area contributed by atoms with Gasteiger partial charge in [0.05, 0.1) is 18.5 Å². The molecule has 0 aromatic heterocycles. The second kappa shape index (κ2) is 9.02. The fourth-order valence-electron chi connectivity index (χ4n) is 2.57. The van der Waals surface area contributed by atoms with Crippen molar-refractivity contribution in [2.75, 3.05) is 7.11 Å². The van der Waals surface area contributed by atoms with Crippen molar-refractivity contribution in [2.24, 2.45) is 0 Å². The van der Waals surface area contributed by atoms with E-state index in [-0.39, 0.29) is 0 Å². The summed E-state index contributed by atoms with van der Waals surface area (Å²) < 4.78 is 0. The maximum atomic E-state index is 11.1. The molecule has 0 aliphatic heterocycles. The monoisotopic (exact) mass is 350 g/mol. The van der Waals surface area contributed by atoms with Gasteiger partial charge >= 0.3 is 0 Å². The fraction of sp³-hybridized carbons (Fsp3) is 0.227. The molecule has 0 atom stereocenters. The van der Waals surface area contributed by atoms with Gasteiger partial charge in [-0.2, -0.15) is 0 Å². The zero-order valence-corrected chi connectivity index (χ0v) is 16.0. The van der Waals surface area contributed by atoms with Crippen LogP contribution in [-0.4, -0.2) is 13.5 Å². The average molecular weight is 350 g/mol. The van der Waals surface area contributed by atoms with Crippen molar-refractivity contribution in [1.29, 1.82) is 0 Å². The topological polar surface area (TPSA) is 50.4 Å². The lowest BCUT2D eigenvalue weighted by Gasteiger charge is -2.13. The molecule has 136 valence electrons. The van der Waals surface area contributed by atoms with Crippen LogP contribution in [0.15, 0.2) is 47.8 Å². The number of hydrogen-bond acceptors (Lipinski definition) is 3. The maximum absolute atomic E-state index is 11.1. The zero-order valence-electron chi connectivity index (χ0n) is 16.0. The van der Waals surface area contributed by atoms with Crippen LogP contribution in [0.1, 0.15) is 33.4 Å². The Kier molecular flexibility index (Phi) is 6.75. The quantitative estimate of drug-likeness (QED) is 0.447. The molecule has 4 heteroatoms. The summed E-state index contributed by atoms with van der Waals surface area (Å²) in [5.41, 5.74) is 11.1. The van der Waals surface area contributed by atoms with E-state index < -0.39 is 0 Å². The molecular weight excluding hydrogens is 324 g/mol. The Bertz CT molecular complexity index is 851. The summed E-state index contributed by atoms with van der Waals surface area (Å²) in [6.07, 6.45) is 4.53. The first kappa shape index (κ1) is 19.5. The number of rotatable bonds is 7. The zero-order chi connectivity index (χ0) is 19.1. The second-order valence-electron chi connectivity index (χ2n) is 6.37. The third kappa shape index (κ3) is 5.07. The van der Waals surface area contributed by atoms with E-state index >= 15 is 0 Å². The van der Waals surface area contributed by atoms with Gasteiger partial charge < -0.3 is 5.32 Å². The van der Waals surface area contributed by atoms with Gasteiger partial charge in [0, 0.05) is 0 Å². The summed E-state index contributed by atoms with van der Waals surface area (Å²) >= 11 is 0. The molecule has 0 radical (unpaired) electrons. The Hall–Kier alpha value is -2.85. The molecule has 2 aromatic rings. The molecular formula is C22H26N2O2. The number of benzene rings is 2. The Morgan fingerprint density at radius 2 is 1.31 bits per heavy atom. The number of aryl methyl sites for hydroxylation is 4. The van der Waals surface area contributed by atoms with Crippen LogP contribution in [0.4, 0.5) is 0 Å². The highest BCUT2D eigenvalue weighted by molar-refractivity contribution is 5.69. The number of hydroxylamine groups is 1. The lowest BCUT2D eigenvalue weighted by molar-refractivity contribution is -0.108. The number of hydrogen-bond donors (Lipinski definition) is 2. The molecule has 0 bridgehead atoms. The molecule has 0 aliphatic rings. The molecule has 0 saturated heterocycles. The van der Waals surface area contributed by atoms with Crippen molar-refractivity contribution in [2.45, 2.75) is 27.7 Å². The molecule has 0 fully saturated rings. The third-order valence-corrected chi connectivity index (χ3v) is 4.40. The minimum atomic E-state index is 0.628. The van der Waals surface area contributed by atoms with Gasteiger partial charge in [0.1, 0.15) is 0 Å². The van der Waals surface area contributed by atoms with Crippen molar-refractivity contribution >= 4 is 18.6 Å². The Morgan fingerprint density at radius 1 is 0.808 bits per heavy atom.